The van der Waals surface area contributed by atoms with E-state index in [0.717, 1.165) is 5.56 Å². The van der Waals surface area contributed by atoms with Crippen LogP contribution in [0.4, 0.5) is 0 Å². The second kappa shape index (κ2) is 6.18. The number of carbonyl (C=O) groups is 1. The van der Waals surface area contributed by atoms with Crippen molar-refractivity contribution in [1.29, 1.82) is 0 Å². The van der Waals surface area contributed by atoms with Crippen LogP contribution in [0.25, 0.3) is 0 Å². The molecule has 0 N–H and O–H groups in total. The second-order valence-electron chi connectivity index (χ2n) is 4.57. The third kappa shape index (κ3) is 3.64. The van der Waals surface area contributed by atoms with Crippen molar-refractivity contribution in [1.82, 2.24) is 0 Å². The summed E-state index contributed by atoms with van der Waals surface area (Å²) in [7, 11) is -3.84. The number of sulfone groups is 1. The molecule has 0 radical (unpaired) electrons. The average molecular weight is 343 g/mol. The molecule has 0 aromatic heterocycles. The van der Waals surface area contributed by atoms with Crippen molar-refractivity contribution in [3.05, 3.63) is 63.6 Å². The lowest BCUT2D eigenvalue weighted by Crippen LogP contribution is -2.17. The molecule has 6 heteroatoms. The van der Waals surface area contributed by atoms with E-state index in [1.54, 1.807) is 31.2 Å². The lowest BCUT2D eigenvalue weighted by molar-refractivity contribution is 0.102. The quantitative estimate of drug-likeness (QED) is 0.790. The van der Waals surface area contributed by atoms with Crippen LogP contribution >= 0.6 is 23.2 Å². The summed E-state index contributed by atoms with van der Waals surface area (Å²) in [5.41, 5.74) is 1.12. The first kappa shape index (κ1) is 16.0. The normalized spacial score (nSPS) is 11.4. The Morgan fingerprint density at radius 1 is 1.10 bits per heavy atom. The largest absolute Gasteiger partial charge is 0.293 e. The number of halogens is 2. The zero-order valence-corrected chi connectivity index (χ0v) is 13.5. The molecule has 0 unspecified atom stereocenters. The van der Waals surface area contributed by atoms with Gasteiger partial charge >= 0.3 is 0 Å². The van der Waals surface area contributed by atoms with Gasteiger partial charge in [-0.25, -0.2) is 8.42 Å². The maximum Gasteiger partial charge on any atom is 0.187 e. The van der Waals surface area contributed by atoms with E-state index in [0.29, 0.717) is 5.56 Å². The predicted octanol–water partition coefficient (Wildman–Crippen LogP) is 3.96. The van der Waals surface area contributed by atoms with E-state index >= 15 is 0 Å². The number of Topliss-reactive ketones (excluding diaryl/α,β-unsaturated/α-hetero) is 1. The summed E-state index contributed by atoms with van der Waals surface area (Å²) in [6.07, 6.45) is 0. The Labute approximate surface area is 133 Å². The van der Waals surface area contributed by atoms with Gasteiger partial charge in [0.25, 0.3) is 0 Å². The minimum Gasteiger partial charge on any atom is -0.293 e. The van der Waals surface area contributed by atoms with E-state index in [4.69, 9.17) is 23.2 Å². The van der Waals surface area contributed by atoms with Crippen molar-refractivity contribution in [2.75, 3.05) is 5.75 Å². The highest BCUT2D eigenvalue weighted by molar-refractivity contribution is 7.92. The van der Waals surface area contributed by atoms with Gasteiger partial charge in [-0.2, -0.15) is 0 Å². The smallest absolute Gasteiger partial charge is 0.187 e. The summed E-state index contributed by atoms with van der Waals surface area (Å²) in [4.78, 5) is 12.1. The van der Waals surface area contributed by atoms with Crippen LogP contribution in [0.1, 0.15) is 15.9 Å². The Morgan fingerprint density at radius 3 is 2.43 bits per heavy atom. The van der Waals surface area contributed by atoms with E-state index in [9.17, 15) is 13.2 Å². The number of ketones is 1. The number of aryl methyl sites for hydroxylation is 1. The van der Waals surface area contributed by atoms with Gasteiger partial charge in [0, 0.05) is 10.6 Å². The fourth-order valence-corrected chi connectivity index (χ4v) is 3.96. The van der Waals surface area contributed by atoms with E-state index in [-0.39, 0.29) is 14.9 Å². The summed E-state index contributed by atoms with van der Waals surface area (Å²) in [6.45, 7) is 1.76. The SMILES string of the molecule is Cc1ccccc1C(=O)CS(=O)(=O)c1cc(Cl)ccc1Cl. The molecule has 0 atom stereocenters. The van der Waals surface area contributed by atoms with E-state index in [1.165, 1.54) is 18.2 Å². The zero-order chi connectivity index (χ0) is 15.6. The first-order valence-electron chi connectivity index (χ1n) is 6.08. The molecular weight excluding hydrogens is 331 g/mol. The van der Waals surface area contributed by atoms with Gasteiger partial charge in [-0.1, -0.05) is 47.5 Å². The molecule has 21 heavy (non-hydrogen) atoms. The maximum absolute atomic E-state index is 12.3. The number of carbonyl (C=O) groups excluding carboxylic acids is 1. The molecule has 2 aromatic rings. The Balaban J connectivity index is 2.36. The van der Waals surface area contributed by atoms with Crippen molar-refractivity contribution in [2.24, 2.45) is 0 Å². The Bertz CT molecular complexity index is 798. The highest BCUT2D eigenvalue weighted by Gasteiger charge is 2.23. The van der Waals surface area contributed by atoms with E-state index in [2.05, 4.69) is 0 Å². The summed E-state index contributed by atoms with van der Waals surface area (Å²) >= 11 is 11.7. The number of benzene rings is 2. The summed E-state index contributed by atoms with van der Waals surface area (Å²) in [6, 6.07) is 11.0. The van der Waals surface area contributed by atoms with Crippen LogP contribution in [0.5, 0.6) is 0 Å². The van der Waals surface area contributed by atoms with Crippen LogP contribution in [0.3, 0.4) is 0 Å². The molecule has 0 fully saturated rings. The van der Waals surface area contributed by atoms with Gasteiger partial charge in [-0.05, 0) is 30.7 Å². The lowest BCUT2D eigenvalue weighted by atomic mass is 10.1. The number of hydrogen-bond acceptors (Lipinski definition) is 3. The highest BCUT2D eigenvalue weighted by atomic mass is 35.5. The topological polar surface area (TPSA) is 51.2 Å². The van der Waals surface area contributed by atoms with Gasteiger partial charge in [-0.3, -0.25) is 4.79 Å². The monoisotopic (exact) mass is 342 g/mol. The molecule has 0 amide bonds. The first-order valence-corrected chi connectivity index (χ1v) is 8.49. The molecule has 2 rings (SSSR count). The molecule has 0 aliphatic rings. The van der Waals surface area contributed by atoms with Crippen molar-refractivity contribution >= 4 is 38.8 Å². The number of rotatable bonds is 4. The summed E-state index contributed by atoms with van der Waals surface area (Å²) < 4.78 is 24.7. The molecular formula is C15H12Cl2O3S. The minimum absolute atomic E-state index is 0.0528. The second-order valence-corrected chi connectivity index (χ2v) is 7.37. The summed E-state index contributed by atoms with van der Waals surface area (Å²) in [5.74, 6) is -1.11. The number of hydrogen-bond donors (Lipinski definition) is 0. The predicted molar refractivity (Wildman–Crippen MR) is 84.0 cm³/mol. The molecule has 0 bridgehead atoms. The Morgan fingerprint density at radius 2 is 1.76 bits per heavy atom. The third-order valence-corrected chi connectivity index (χ3v) is 5.32. The van der Waals surface area contributed by atoms with Crippen LogP contribution in [-0.2, 0) is 9.84 Å². The molecule has 0 saturated carbocycles. The van der Waals surface area contributed by atoms with E-state index < -0.39 is 21.4 Å². The van der Waals surface area contributed by atoms with Crippen LogP contribution in [0, 0.1) is 6.92 Å². The van der Waals surface area contributed by atoms with Crippen molar-refractivity contribution in [2.45, 2.75) is 11.8 Å². The van der Waals surface area contributed by atoms with Crippen molar-refractivity contribution < 1.29 is 13.2 Å². The highest BCUT2D eigenvalue weighted by Crippen LogP contribution is 2.26. The molecule has 0 aliphatic carbocycles. The van der Waals surface area contributed by atoms with Gasteiger partial charge in [0.05, 0.1) is 9.92 Å². The Hall–Kier alpha value is -1.36. The molecule has 0 spiro atoms. The molecule has 110 valence electrons. The molecule has 0 saturated heterocycles. The van der Waals surface area contributed by atoms with E-state index in [1.807, 2.05) is 0 Å². The van der Waals surface area contributed by atoms with Crippen LogP contribution in [-0.4, -0.2) is 20.0 Å². The van der Waals surface area contributed by atoms with Crippen LogP contribution in [0.2, 0.25) is 10.0 Å². The van der Waals surface area contributed by atoms with Crippen LogP contribution in [0.15, 0.2) is 47.4 Å². The Kier molecular flexibility index (Phi) is 4.71. The molecule has 0 aliphatic heterocycles. The summed E-state index contributed by atoms with van der Waals surface area (Å²) in [5, 5.41) is 0.304. The fourth-order valence-electron chi connectivity index (χ4n) is 1.93. The standard InChI is InChI=1S/C15H12Cl2O3S/c1-10-4-2-3-5-12(10)14(18)9-21(19,20)15-8-11(16)6-7-13(15)17/h2-8H,9H2,1H3. The van der Waals surface area contributed by atoms with Gasteiger partial charge in [-0.15, -0.1) is 0 Å². The first-order chi connectivity index (χ1) is 9.81. The fraction of sp³-hybridized carbons (Fsp3) is 0.133. The van der Waals surface area contributed by atoms with Gasteiger partial charge in [0.15, 0.2) is 15.6 Å². The third-order valence-electron chi connectivity index (χ3n) is 2.99. The van der Waals surface area contributed by atoms with Gasteiger partial charge < -0.3 is 0 Å². The zero-order valence-electron chi connectivity index (χ0n) is 11.1. The minimum atomic E-state index is -3.84. The molecule has 3 nitrogen and oxygen atoms in total. The van der Waals surface area contributed by atoms with Crippen LogP contribution < -0.4 is 0 Å². The van der Waals surface area contributed by atoms with Gasteiger partial charge in [0.2, 0.25) is 0 Å². The average Bonchev–Trinajstić information content (AvgIpc) is 2.41. The maximum atomic E-state index is 12.3. The van der Waals surface area contributed by atoms with Gasteiger partial charge in [0.1, 0.15) is 5.75 Å². The molecule has 2 aromatic carbocycles. The molecule has 0 heterocycles. The van der Waals surface area contributed by atoms with Crippen molar-refractivity contribution in [3.8, 4) is 0 Å². The van der Waals surface area contributed by atoms with Crippen molar-refractivity contribution in [3.63, 3.8) is 0 Å². The lowest BCUT2D eigenvalue weighted by Gasteiger charge is -2.08.